The second-order valence-corrected chi connectivity index (χ2v) is 4.95. The second-order valence-electron chi connectivity index (χ2n) is 4.95. The summed E-state index contributed by atoms with van der Waals surface area (Å²) in [6.45, 7) is 1.40. The molecular formula is C16H16O3. The Bertz CT molecular complexity index is 559. The molecule has 0 aromatic heterocycles. The van der Waals surface area contributed by atoms with E-state index in [0.717, 1.165) is 5.57 Å². The largest absolute Gasteiger partial charge is 0.434 e. The van der Waals surface area contributed by atoms with Crippen molar-refractivity contribution in [1.29, 1.82) is 0 Å². The van der Waals surface area contributed by atoms with Crippen molar-refractivity contribution < 1.29 is 14.3 Å². The van der Waals surface area contributed by atoms with Crippen LogP contribution in [0.5, 0.6) is 0 Å². The van der Waals surface area contributed by atoms with Gasteiger partial charge < -0.3 is 9.47 Å². The van der Waals surface area contributed by atoms with Crippen LogP contribution in [0, 0.1) is 11.8 Å². The number of carbonyl (C=O) groups is 1. The molecule has 1 aromatic carbocycles. The van der Waals surface area contributed by atoms with Gasteiger partial charge in [-0.3, -0.25) is 4.79 Å². The van der Waals surface area contributed by atoms with E-state index in [9.17, 15) is 4.79 Å². The summed E-state index contributed by atoms with van der Waals surface area (Å²) in [7, 11) is 1.74. The van der Waals surface area contributed by atoms with Crippen LogP contribution < -0.4 is 0 Å². The van der Waals surface area contributed by atoms with E-state index in [1.54, 1.807) is 13.4 Å². The SMILES string of the molecule is CO[C@]1(c2ccccc2)[C@@H]2/C(=C/OC(C)=O)C=C[C@@H]21. The Morgan fingerprint density at radius 1 is 1.32 bits per heavy atom. The Hall–Kier alpha value is -1.87. The Balaban J connectivity index is 1.91. The van der Waals surface area contributed by atoms with Gasteiger partial charge in [-0.25, -0.2) is 0 Å². The van der Waals surface area contributed by atoms with Gasteiger partial charge in [-0.15, -0.1) is 0 Å². The van der Waals surface area contributed by atoms with Crippen molar-refractivity contribution in [2.75, 3.05) is 7.11 Å². The summed E-state index contributed by atoms with van der Waals surface area (Å²) in [5, 5.41) is 0. The van der Waals surface area contributed by atoms with Crippen LogP contribution in [0.3, 0.4) is 0 Å². The van der Waals surface area contributed by atoms with Gasteiger partial charge in [0.1, 0.15) is 5.60 Å². The zero-order chi connectivity index (χ0) is 13.5. The van der Waals surface area contributed by atoms with Gasteiger partial charge in [-0.2, -0.15) is 0 Å². The highest BCUT2D eigenvalue weighted by atomic mass is 16.5. The van der Waals surface area contributed by atoms with Crippen LogP contribution in [-0.4, -0.2) is 13.1 Å². The zero-order valence-electron chi connectivity index (χ0n) is 11.0. The van der Waals surface area contributed by atoms with Gasteiger partial charge in [-0.05, 0) is 11.1 Å². The second kappa shape index (κ2) is 4.35. The Morgan fingerprint density at radius 3 is 2.68 bits per heavy atom. The van der Waals surface area contributed by atoms with E-state index in [4.69, 9.17) is 9.47 Å². The summed E-state index contributed by atoms with van der Waals surface area (Å²) in [6.07, 6.45) is 5.70. The van der Waals surface area contributed by atoms with E-state index in [1.165, 1.54) is 12.5 Å². The molecule has 0 N–H and O–H groups in total. The van der Waals surface area contributed by atoms with Crippen molar-refractivity contribution in [3.05, 3.63) is 59.9 Å². The molecule has 0 saturated heterocycles. The molecule has 1 fully saturated rings. The predicted octanol–water partition coefficient (Wildman–Crippen LogP) is 2.79. The lowest BCUT2D eigenvalue weighted by atomic mass is 10.00. The third kappa shape index (κ3) is 1.73. The molecule has 19 heavy (non-hydrogen) atoms. The fourth-order valence-electron chi connectivity index (χ4n) is 3.13. The van der Waals surface area contributed by atoms with E-state index in [0.29, 0.717) is 5.92 Å². The smallest absolute Gasteiger partial charge is 0.307 e. The van der Waals surface area contributed by atoms with Crippen molar-refractivity contribution in [3.63, 3.8) is 0 Å². The maximum Gasteiger partial charge on any atom is 0.307 e. The lowest BCUT2D eigenvalue weighted by Gasteiger charge is -2.18. The molecule has 0 unspecified atom stereocenters. The molecule has 1 aromatic rings. The van der Waals surface area contributed by atoms with Crippen molar-refractivity contribution in [3.8, 4) is 0 Å². The number of allylic oxidation sites excluding steroid dienone is 1. The van der Waals surface area contributed by atoms with Crippen LogP contribution in [0.2, 0.25) is 0 Å². The molecule has 0 amide bonds. The predicted molar refractivity (Wildman–Crippen MR) is 71.1 cm³/mol. The average molecular weight is 256 g/mol. The Kier molecular flexibility index (Phi) is 2.79. The van der Waals surface area contributed by atoms with Crippen LogP contribution in [0.25, 0.3) is 0 Å². The van der Waals surface area contributed by atoms with E-state index >= 15 is 0 Å². The van der Waals surface area contributed by atoms with Crippen LogP contribution in [0.1, 0.15) is 12.5 Å². The first-order chi connectivity index (χ1) is 9.20. The molecule has 98 valence electrons. The summed E-state index contributed by atoms with van der Waals surface area (Å²) in [5.41, 5.74) is 1.90. The molecule has 0 bridgehead atoms. The fraction of sp³-hybridized carbons (Fsp3) is 0.312. The van der Waals surface area contributed by atoms with Gasteiger partial charge in [0.2, 0.25) is 0 Å². The van der Waals surface area contributed by atoms with Gasteiger partial charge in [-0.1, -0.05) is 42.5 Å². The third-order valence-electron chi connectivity index (χ3n) is 3.99. The van der Waals surface area contributed by atoms with E-state index in [1.807, 2.05) is 24.3 Å². The molecule has 3 atom stereocenters. The minimum absolute atomic E-state index is 0.249. The van der Waals surface area contributed by atoms with E-state index < -0.39 is 0 Å². The number of carbonyl (C=O) groups excluding carboxylic acids is 1. The molecule has 1 saturated carbocycles. The molecule has 3 nitrogen and oxygen atoms in total. The van der Waals surface area contributed by atoms with Crippen LogP contribution in [0.15, 0.2) is 54.3 Å². The monoisotopic (exact) mass is 256 g/mol. The van der Waals surface area contributed by atoms with Gasteiger partial charge in [0, 0.05) is 25.9 Å². The molecule has 3 rings (SSSR count). The zero-order valence-corrected chi connectivity index (χ0v) is 11.0. The fourth-order valence-corrected chi connectivity index (χ4v) is 3.13. The van der Waals surface area contributed by atoms with Crippen LogP contribution in [-0.2, 0) is 19.9 Å². The lowest BCUT2D eigenvalue weighted by molar-refractivity contribution is -0.135. The van der Waals surface area contributed by atoms with Crippen LogP contribution in [0.4, 0.5) is 0 Å². The van der Waals surface area contributed by atoms with Crippen molar-refractivity contribution in [2.24, 2.45) is 11.8 Å². The number of fused-ring (bicyclic) bond motifs is 1. The van der Waals surface area contributed by atoms with E-state index in [-0.39, 0.29) is 17.5 Å². The maximum absolute atomic E-state index is 10.9. The molecule has 0 spiro atoms. The summed E-state index contributed by atoms with van der Waals surface area (Å²) >= 11 is 0. The minimum Gasteiger partial charge on any atom is -0.434 e. The summed E-state index contributed by atoms with van der Waals surface area (Å²) in [5.74, 6) is 0.286. The van der Waals surface area contributed by atoms with Crippen molar-refractivity contribution in [1.82, 2.24) is 0 Å². The molecule has 0 aliphatic heterocycles. The summed E-state index contributed by atoms with van der Waals surface area (Å²) in [4.78, 5) is 10.9. The molecule has 2 aliphatic rings. The summed E-state index contributed by atoms with van der Waals surface area (Å²) in [6, 6.07) is 10.2. The normalized spacial score (nSPS) is 33.3. The molecule has 2 aliphatic carbocycles. The minimum atomic E-state index is -0.298. The molecule has 0 heterocycles. The molecule has 0 radical (unpaired) electrons. The number of rotatable bonds is 3. The topological polar surface area (TPSA) is 35.5 Å². The standard InChI is InChI=1S/C16H16O3/c1-11(17)19-10-12-8-9-14-15(12)16(14,18-2)13-6-4-3-5-7-13/h3-10,14-15H,1-2H3/b12-10+/t14-,15+,16-/m0/s1. The number of methoxy groups -OCH3 is 1. The van der Waals surface area contributed by atoms with Gasteiger partial charge in [0.25, 0.3) is 0 Å². The quantitative estimate of drug-likeness (QED) is 0.616. The number of benzene rings is 1. The Labute approximate surface area is 112 Å². The first-order valence-corrected chi connectivity index (χ1v) is 6.36. The highest BCUT2D eigenvalue weighted by Crippen LogP contribution is 2.67. The average Bonchev–Trinajstić information content (AvgIpc) is 2.89. The van der Waals surface area contributed by atoms with Gasteiger partial charge >= 0.3 is 5.97 Å². The first-order valence-electron chi connectivity index (χ1n) is 6.36. The number of esters is 1. The molecular weight excluding hydrogens is 240 g/mol. The lowest BCUT2D eigenvalue weighted by Crippen LogP contribution is -2.16. The first kappa shape index (κ1) is 12.2. The van der Waals surface area contributed by atoms with Crippen molar-refractivity contribution in [2.45, 2.75) is 12.5 Å². The Morgan fingerprint density at radius 2 is 2.05 bits per heavy atom. The van der Waals surface area contributed by atoms with Gasteiger partial charge in [0.15, 0.2) is 0 Å². The number of hydrogen-bond acceptors (Lipinski definition) is 3. The maximum atomic E-state index is 10.9. The van der Waals surface area contributed by atoms with E-state index in [2.05, 4.69) is 18.2 Å². The van der Waals surface area contributed by atoms with Crippen LogP contribution >= 0.6 is 0 Å². The van der Waals surface area contributed by atoms with Crippen molar-refractivity contribution >= 4 is 5.97 Å². The molecule has 3 heteroatoms. The third-order valence-corrected chi connectivity index (χ3v) is 3.99. The number of ether oxygens (including phenoxy) is 2. The number of hydrogen-bond donors (Lipinski definition) is 0. The highest BCUT2D eigenvalue weighted by Gasteiger charge is 2.68. The van der Waals surface area contributed by atoms with Gasteiger partial charge in [0.05, 0.1) is 6.26 Å². The summed E-state index contributed by atoms with van der Waals surface area (Å²) < 4.78 is 10.8. The highest BCUT2D eigenvalue weighted by molar-refractivity contribution is 5.67.